The summed E-state index contributed by atoms with van der Waals surface area (Å²) in [6.45, 7) is 6.07. The molecule has 2 aromatic heterocycles. The molecular formula is C20H24N6O. The maximum absolute atomic E-state index is 12.5. The Hall–Kier alpha value is -2.80. The number of hydrogen-bond acceptors (Lipinski definition) is 5. The van der Waals surface area contributed by atoms with E-state index in [4.69, 9.17) is 0 Å². The third-order valence-electron chi connectivity index (χ3n) is 5.33. The Labute approximate surface area is 158 Å². The van der Waals surface area contributed by atoms with Gasteiger partial charge in [0, 0.05) is 37.1 Å². The summed E-state index contributed by atoms with van der Waals surface area (Å²) in [5.74, 6) is 0.401. The Bertz CT molecular complexity index is 930. The minimum atomic E-state index is -0.227. The second kappa shape index (κ2) is 7.44. The number of nitrogens with zero attached hydrogens (tertiary/aromatic N) is 5. The van der Waals surface area contributed by atoms with E-state index in [0.717, 1.165) is 31.6 Å². The van der Waals surface area contributed by atoms with Crippen molar-refractivity contribution in [2.24, 2.45) is 0 Å². The van der Waals surface area contributed by atoms with Gasteiger partial charge in [0.25, 0.3) is 11.7 Å². The van der Waals surface area contributed by atoms with Gasteiger partial charge in [0.05, 0.1) is 0 Å². The van der Waals surface area contributed by atoms with Crippen molar-refractivity contribution in [3.05, 3.63) is 59.7 Å². The van der Waals surface area contributed by atoms with Gasteiger partial charge in [-0.05, 0) is 38.3 Å². The van der Waals surface area contributed by atoms with Crippen LogP contribution in [0.3, 0.4) is 0 Å². The molecule has 140 valence electrons. The molecule has 0 aliphatic carbocycles. The number of carbonyl (C=O) groups is 1. The molecule has 7 heteroatoms. The number of amides is 1. The molecule has 4 rings (SSSR count). The minimum absolute atomic E-state index is 0.150. The van der Waals surface area contributed by atoms with Crippen molar-refractivity contribution in [1.29, 1.82) is 0 Å². The maximum atomic E-state index is 12.5. The molecule has 1 fully saturated rings. The van der Waals surface area contributed by atoms with Crippen molar-refractivity contribution < 1.29 is 4.79 Å². The van der Waals surface area contributed by atoms with Crippen LogP contribution in [0, 0.1) is 6.92 Å². The van der Waals surface area contributed by atoms with E-state index < -0.39 is 0 Å². The van der Waals surface area contributed by atoms with Gasteiger partial charge in [-0.25, -0.2) is 9.50 Å². The number of likely N-dealkylation sites (tertiary alicyclic amines) is 1. The monoisotopic (exact) mass is 364 g/mol. The highest BCUT2D eigenvalue weighted by atomic mass is 16.2. The lowest BCUT2D eigenvalue weighted by Gasteiger charge is -2.36. The Morgan fingerprint density at radius 3 is 2.63 bits per heavy atom. The first-order chi connectivity index (χ1) is 13.1. The van der Waals surface area contributed by atoms with Crippen LogP contribution < -0.4 is 5.32 Å². The highest BCUT2D eigenvalue weighted by Crippen LogP contribution is 2.24. The fourth-order valence-electron chi connectivity index (χ4n) is 3.63. The lowest BCUT2D eigenvalue weighted by Crippen LogP contribution is -2.45. The zero-order valence-electron chi connectivity index (χ0n) is 15.7. The first kappa shape index (κ1) is 17.6. The van der Waals surface area contributed by atoms with Crippen molar-refractivity contribution >= 4 is 11.7 Å². The van der Waals surface area contributed by atoms with Gasteiger partial charge in [-0.1, -0.05) is 30.3 Å². The summed E-state index contributed by atoms with van der Waals surface area (Å²) >= 11 is 0. The summed E-state index contributed by atoms with van der Waals surface area (Å²) in [5, 5.41) is 7.36. The average molecular weight is 364 g/mol. The summed E-state index contributed by atoms with van der Waals surface area (Å²) in [5.41, 5.74) is 2.23. The number of fused-ring (bicyclic) bond motifs is 1. The molecule has 0 bridgehead atoms. The van der Waals surface area contributed by atoms with Gasteiger partial charge in [0.2, 0.25) is 5.82 Å². The zero-order chi connectivity index (χ0) is 18.8. The van der Waals surface area contributed by atoms with E-state index in [0.29, 0.717) is 11.8 Å². The van der Waals surface area contributed by atoms with Gasteiger partial charge < -0.3 is 5.32 Å². The molecule has 1 atom stereocenters. The highest BCUT2D eigenvalue weighted by Gasteiger charge is 2.25. The van der Waals surface area contributed by atoms with Crippen LogP contribution in [0.4, 0.5) is 0 Å². The number of aryl methyl sites for hydroxylation is 1. The van der Waals surface area contributed by atoms with E-state index in [2.05, 4.69) is 56.5 Å². The molecule has 7 nitrogen and oxygen atoms in total. The van der Waals surface area contributed by atoms with E-state index in [-0.39, 0.29) is 17.8 Å². The van der Waals surface area contributed by atoms with Gasteiger partial charge in [0.1, 0.15) is 0 Å². The molecule has 0 saturated carbocycles. The molecule has 1 unspecified atom stereocenters. The number of piperidine rings is 1. The lowest BCUT2D eigenvalue weighted by molar-refractivity contribution is 0.0886. The van der Waals surface area contributed by atoms with Crippen molar-refractivity contribution in [2.45, 2.75) is 38.8 Å². The first-order valence-corrected chi connectivity index (χ1v) is 9.40. The van der Waals surface area contributed by atoms with E-state index in [1.54, 1.807) is 10.7 Å². The molecule has 1 aromatic carbocycles. The van der Waals surface area contributed by atoms with E-state index >= 15 is 0 Å². The van der Waals surface area contributed by atoms with Crippen LogP contribution in [-0.2, 0) is 0 Å². The molecule has 1 saturated heterocycles. The highest BCUT2D eigenvalue weighted by molar-refractivity contribution is 5.91. The summed E-state index contributed by atoms with van der Waals surface area (Å²) in [7, 11) is 0. The average Bonchev–Trinajstić information content (AvgIpc) is 3.15. The van der Waals surface area contributed by atoms with Crippen LogP contribution in [-0.4, -0.2) is 49.5 Å². The number of rotatable bonds is 4. The lowest BCUT2D eigenvalue weighted by atomic mass is 10.00. The minimum Gasteiger partial charge on any atom is -0.346 e. The number of hydrogen-bond donors (Lipinski definition) is 1. The van der Waals surface area contributed by atoms with Gasteiger partial charge in [-0.2, -0.15) is 4.98 Å². The number of aromatic nitrogens is 4. The van der Waals surface area contributed by atoms with Crippen LogP contribution in [0.1, 0.15) is 47.7 Å². The Morgan fingerprint density at radius 1 is 1.19 bits per heavy atom. The summed E-state index contributed by atoms with van der Waals surface area (Å²) < 4.78 is 1.60. The van der Waals surface area contributed by atoms with Gasteiger partial charge >= 0.3 is 0 Å². The van der Waals surface area contributed by atoms with E-state index in [1.807, 2.05) is 19.1 Å². The molecule has 1 aliphatic rings. The van der Waals surface area contributed by atoms with Crippen LogP contribution in [0.5, 0.6) is 0 Å². The van der Waals surface area contributed by atoms with Crippen molar-refractivity contribution in [3.63, 3.8) is 0 Å². The fourth-order valence-corrected chi connectivity index (χ4v) is 3.63. The Kier molecular flexibility index (Phi) is 4.85. The Morgan fingerprint density at radius 2 is 1.93 bits per heavy atom. The summed E-state index contributed by atoms with van der Waals surface area (Å²) in [6, 6.07) is 12.9. The van der Waals surface area contributed by atoms with Gasteiger partial charge in [-0.15, -0.1) is 5.10 Å². The predicted molar refractivity (Wildman–Crippen MR) is 102 cm³/mol. The SMILES string of the molecule is Cc1ccnc2nc(C(=O)NC3CCN(C(C)c4ccccc4)CC3)nn12. The normalized spacial score (nSPS) is 17.1. The molecule has 1 aliphatic heterocycles. The number of benzene rings is 1. The van der Waals surface area contributed by atoms with Crippen molar-refractivity contribution in [1.82, 2.24) is 29.8 Å². The maximum Gasteiger partial charge on any atom is 0.291 e. The van der Waals surface area contributed by atoms with Crippen molar-refractivity contribution in [3.8, 4) is 0 Å². The van der Waals surface area contributed by atoms with Crippen LogP contribution in [0.25, 0.3) is 5.78 Å². The molecule has 3 aromatic rings. The van der Waals surface area contributed by atoms with Gasteiger partial charge in [0.15, 0.2) is 0 Å². The van der Waals surface area contributed by atoms with Crippen LogP contribution in [0.15, 0.2) is 42.6 Å². The zero-order valence-corrected chi connectivity index (χ0v) is 15.7. The summed E-state index contributed by atoms with van der Waals surface area (Å²) in [4.78, 5) is 23.4. The molecule has 1 N–H and O–H groups in total. The molecule has 1 amide bonds. The quantitative estimate of drug-likeness (QED) is 0.769. The second-order valence-electron chi connectivity index (χ2n) is 7.10. The largest absolute Gasteiger partial charge is 0.346 e. The third kappa shape index (κ3) is 3.68. The molecule has 27 heavy (non-hydrogen) atoms. The first-order valence-electron chi connectivity index (χ1n) is 9.40. The van der Waals surface area contributed by atoms with Gasteiger partial charge in [-0.3, -0.25) is 9.69 Å². The molecule has 3 heterocycles. The molecule has 0 spiro atoms. The van der Waals surface area contributed by atoms with Crippen LogP contribution in [0.2, 0.25) is 0 Å². The second-order valence-corrected chi connectivity index (χ2v) is 7.10. The Balaban J connectivity index is 1.36. The predicted octanol–water partition coefficient (Wildman–Crippen LogP) is 2.39. The topological polar surface area (TPSA) is 75.4 Å². The van der Waals surface area contributed by atoms with E-state index in [1.165, 1.54) is 5.56 Å². The molecular weight excluding hydrogens is 340 g/mol. The van der Waals surface area contributed by atoms with Crippen molar-refractivity contribution in [2.75, 3.05) is 13.1 Å². The molecule has 0 radical (unpaired) electrons. The van der Waals surface area contributed by atoms with Crippen LogP contribution >= 0.6 is 0 Å². The standard InChI is InChI=1S/C20H24N6O/c1-14-8-11-21-20-23-18(24-26(14)20)19(27)22-17-9-12-25(13-10-17)15(2)16-6-4-3-5-7-16/h3-8,11,15,17H,9-10,12-13H2,1-2H3,(H,22,27). The summed E-state index contributed by atoms with van der Waals surface area (Å²) in [6.07, 6.45) is 3.52. The number of carbonyl (C=O) groups excluding carboxylic acids is 1. The fraction of sp³-hybridized carbons (Fsp3) is 0.400. The van der Waals surface area contributed by atoms with E-state index in [9.17, 15) is 4.79 Å². The smallest absolute Gasteiger partial charge is 0.291 e. The number of nitrogens with one attached hydrogen (secondary N) is 1. The third-order valence-corrected chi connectivity index (χ3v) is 5.33.